The van der Waals surface area contributed by atoms with Gasteiger partial charge in [0, 0.05) is 12.6 Å². The smallest absolute Gasteiger partial charge is 0.396 e. The lowest BCUT2D eigenvalue weighted by Gasteiger charge is -2.12. The molecule has 0 aliphatic rings. The van der Waals surface area contributed by atoms with E-state index in [0.29, 0.717) is 17.5 Å². The molecule has 120 valence electrons. The summed E-state index contributed by atoms with van der Waals surface area (Å²) < 4.78 is 38.1. The summed E-state index contributed by atoms with van der Waals surface area (Å²) in [6.45, 7) is -0.00343. The summed E-state index contributed by atoms with van der Waals surface area (Å²) >= 11 is 0. The normalized spacial score (nSPS) is 12.6. The number of aliphatic hydroxyl groups is 1. The zero-order chi connectivity index (χ0) is 15.5. The lowest BCUT2D eigenvalue weighted by molar-refractivity contribution is -0.137. The molecule has 1 atom stereocenters. The Balaban J connectivity index is 0.00000242. The molecule has 0 spiro atoms. The molecule has 2 aromatic carbocycles. The molecule has 6 heteroatoms. The highest BCUT2D eigenvalue weighted by Gasteiger charge is 2.30. The van der Waals surface area contributed by atoms with Gasteiger partial charge in [-0.15, -0.1) is 12.4 Å². The molecule has 2 aromatic rings. The molecule has 0 bridgehead atoms. The third-order valence-electron chi connectivity index (χ3n) is 3.30. The van der Waals surface area contributed by atoms with Crippen LogP contribution < -0.4 is 5.73 Å². The Morgan fingerprint density at radius 3 is 2.18 bits per heavy atom. The standard InChI is InChI=1S/C16H16F3NO.ClH/c17-16(18,19)14-3-1-2-13(10-14)11-4-6-12(7-5-11)15(20)8-9-21;/h1-7,10,15,21H,8-9,20H2;1H. The minimum atomic E-state index is -4.35. The molecule has 3 N–H and O–H groups in total. The Labute approximate surface area is 133 Å². The van der Waals surface area contributed by atoms with Crippen LogP contribution in [0, 0.1) is 0 Å². The van der Waals surface area contributed by atoms with Crippen molar-refractivity contribution < 1.29 is 18.3 Å². The van der Waals surface area contributed by atoms with Gasteiger partial charge in [0.05, 0.1) is 5.56 Å². The van der Waals surface area contributed by atoms with E-state index >= 15 is 0 Å². The van der Waals surface area contributed by atoms with Crippen molar-refractivity contribution >= 4 is 12.4 Å². The monoisotopic (exact) mass is 331 g/mol. The highest BCUT2D eigenvalue weighted by atomic mass is 35.5. The molecule has 0 saturated heterocycles. The zero-order valence-electron chi connectivity index (χ0n) is 11.7. The summed E-state index contributed by atoms with van der Waals surface area (Å²) in [6.07, 6.45) is -3.90. The number of hydrogen-bond acceptors (Lipinski definition) is 2. The molecular weight excluding hydrogens is 315 g/mol. The third kappa shape index (κ3) is 4.47. The molecule has 22 heavy (non-hydrogen) atoms. The second kappa shape index (κ2) is 7.63. The lowest BCUT2D eigenvalue weighted by atomic mass is 9.98. The SMILES string of the molecule is Cl.NC(CCO)c1ccc(-c2cccc(C(F)(F)F)c2)cc1. The summed E-state index contributed by atoms with van der Waals surface area (Å²) in [5.74, 6) is 0. The van der Waals surface area contributed by atoms with E-state index in [1.54, 1.807) is 30.3 Å². The van der Waals surface area contributed by atoms with Crippen LogP contribution in [0.4, 0.5) is 13.2 Å². The Bertz CT molecular complexity index is 599. The number of hydrogen-bond donors (Lipinski definition) is 2. The van der Waals surface area contributed by atoms with Crippen molar-refractivity contribution in [3.05, 3.63) is 59.7 Å². The Morgan fingerprint density at radius 2 is 1.64 bits per heavy atom. The van der Waals surface area contributed by atoms with Gasteiger partial charge in [-0.1, -0.05) is 36.4 Å². The topological polar surface area (TPSA) is 46.2 Å². The Kier molecular flexibility index (Phi) is 6.41. The fourth-order valence-corrected chi connectivity index (χ4v) is 2.10. The lowest BCUT2D eigenvalue weighted by Crippen LogP contribution is -2.11. The Morgan fingerprint density at radius 1 is 1.00 bits per heavy atom. The van der Waals surface area contributed by atoms with Crippen LogP contribution in [0.1, 0.15) is 23.6 Å². The van der Waals surface area contributed by atoms with E-state index in [4.69, 9.17) is 10.8 Å². The first kappa shape index (κ1) is 18.5. The van der Waals surface area contributed by atoms with Crippen molar-refractivity contribution in [1.82, 2.24) is 0 Å². The van der Waals surface area contributed by atoms with E-state index in [-0.39, 0.29) is 25.1 Å². The summed E-state index contributed by atoms with van der Waals surface area (Å²) in [4.78, 5) is 0. The quantitative estimate of drug-likeness (QED) is 0.883. The van der Waals surface area contributed by atoms with E-state index in [0.717, 1.165) is 17.7 Å². The summed E-state index contributed by atoms with van der Waals surface area (Å²) in [5.41, 5.74) is 7.25. The molecule has 0 fully saturated rings. The largest absolute Gasteiger partial charge is 0.416 e. The first-order valence-electron chi connectivity index (χ1n) is 6.56. The van der Waals surface area contributed by atoms with Crippen molar-refractivity contribution in [2.24, 2.45) is 5.73 Å². The van der Waals surface area contributed by atoms with Gasteiger partial charge < -0.3 is 10.8 Å². The highest BCUT2D eigenvalue weighted by Crippen LogP contribution is 2.32. The van der Waals surface area contributed by atoms with Crippen molar-refractivity contribution in [1.29, 1.82) is 0 Å². The van der Waals surface area contributed by atoms with Gasteiger partial charge in [-0.05, 0) is 35.2 Å². The van der Waals surface area contributed by atoms with E-state index in [1.807, 2.05) is 0 Å². The van der Waals surface area contributed by atoms with Gasteiger partial charge in [0.1, 0.15) is 0 Å². The van der Waals surface area contributed by atoms with E-state index < -0.39 is 11.7 Å². The van der Waals surface area contributed by atoms with Crippen LogP contribution in [-0.2, 0) is 6.18 Å². The average Bonchev–Trinajstić information content (AvgIpc) is 2.47. The van der Waals surface area contributed by atoms with Crippen LogP contribution in [0.5, 0.6) is 0 Å². The first-order chi connectivity index (χ1) is 9.91. The van der Waals surface area contributed by atoms with Crippen molar-refractivity contribution in [3.63, 3.8) is 0 Å². The molecule has 0 amide bonds. The van der Waals surface area contributed by atoms with Gasteiger partial charge in [0.15, 0.2) is 0 Å². The highest BCUT2D eigenvalue weighted by molar-refractivity contribution is 5.85. The molecule has 0 aliphatic heterocycles. The van der Waals surface area contributed by atoms with Gasteiger partial charge in [-0.3, -0.25) is 0 Å². The number of halogens is 4. The number of aliphatic hydroxyl groups excluding tert-OH is 1. The number of benzene rings is 2. The van der Waals surface area contributed by atoms with Crippen molar-refractivity contribution in [2.75, 3.05) is 6.61 Å². The number of rotatable bonds is 4. The molecule has 0 aromatic heterocycles. The summed E-state index contributed by atoms with van der Waals surface area (Å²) in [7, 11) is 0. The average molecular weight is 332 g/mol. The molecular formula is C16H17ClF3NO. The summed E-state index contributed by atoms with van der Waals surface area (Å²) in [6, 6.07) is 12.0. The van der Waals surface area contributed by atoms with E-state index in [1.165, 1.54) is 6.07 Å². The second-order valence-corrected chi connectivity index (χ2v) is 4.82. The predicted octanol–water partition coefficient (Wildman–Crippen LogP) is 4.18. The van der Waals surface area contributed by atoms with Crippen LogP contribution in [0.2, 0.25) is 0 Å². The van der Waals surface area contributed by atoms with E-state index in [9.17, 15) is 13.2 Å². The van der Waals surface area contributed by atoms with Gasteiger partial charge in [0.2, 0.25) is 0 Å². The predicted molar refractivity (Wildman–Crippen MR) is 82.8 cm³/mol. The van der Waals surface area contributed by atoms with Crippen molar-refractivity contribution in [2.45, 2.75) is 18.6 Å². The molecule has 2 rings (SSSR count). The molecule has 1 unspecified atom stereocenters. The number of alkyl halides is 3. The molecule has 0 heterocycles. The number of nitrogens with two attached hydrogens (primary N) is 1. The fraction of sp³-hybridized carbons (Fsp3) is 0.250. The maximum Gasteiger partial charge on any atom is 0.416 e. The minimum absolute atomic E-state index is 0. The fourth-order valence-electron chi connectivity index (χ4n) is 2.10. The van der Waals surface area contributed by atoms with Gasteiger partial charge in [0.25, 0.3) is 0 Å². The van der Waals surface area contributed by atoms with Crippen LogP contribution >= 0.6 is 12.4 Å². The molecule has 2 nitrogen and oxygen atoms in total. The molecule has 0 saturated carbocycles. The van der Waals surface area contributed by atoms with E-state index in [2.05, 4.69) is 0 Å². The Hall–Kier alpha value is -1.56. The third-order valence-corrected chi connectivity index (χ3v) is 3.30. The van der Waals surface area contributed by atoms with Gasteiger partial charge in [-0.25, -0.2) is 0 Å². The van der Waals surface area contributed by atoms with Gasteiger partial charge in [-0.2, -0.15) is 13.2 Å². The maximum absolute atomic E-state index is 12.7. The molecule has 0 aliphatic carbocycles. The van der Waals surface area contributed by atoms with Crippen LogP contribution in [0.15, 0.2) is 48.5 Å². The van der Waals surface area contributed by atoms with Gasteiger partial charge >= 0.3 is 6.18 Å². The van der Waals surface area contributed by atoms with Crippen LogP contribution in [0.25, 0.3) is 11.1 Å². The maximum atomic E-state index is 12.7. The van der Waals surface area contributed by atoms with Crippen molar-refractivity contribution in [3.8, 4) is 11.1 Å². The second-order valence-electron chi connectivity index (χ2n) is 4.82. The molecule has 0 radical (unpaired) electrons. The minimum Gasteiger partial charge on any atom is -0.396 e. The van der Waals surface area contributed by atoms with Crippen LogP contribution in [-0.4, -0.2) is 11.7 Å². The summed E-state index contributed by atoms with van der Waals surface area (Å²) in [5, 5.41) is 8.85. The zero-order valence-corrected chi connectivity index (χ0v) is 12.5. The first-order valence-corrected chi connectivity index (χ1v) is 6.56. The van der Waals surface area contributed by atoms with Crippen LogP contribution in [0.3, 0.4) is 0 Å².